The molecule has 92 valence electrons. The van der Waals surface area contributed by atoms with Gasteiger partial charge in [-0.3, -0.25) is 4.79 Å². The predicted molar refractivity (Wildman–Crippen MR) is 65.5 cm³/mol. The Kier molecular flexibility index (Phi) is 2.73. The number of phenols is 1. The molecule has 0 aliphatic carbocycles. The number of fused-ring (bicyclic) bond motifs is 1. The van der Waals surface area contributed by atoms with Crippen LogP contribution in [-0.2, 0) is 4.79 Å². The van der Waals surface area contributed by atoms with Gasteiger partial charge in [-0.1, -0.05) is 6.92 Å². The van der Waals surface area contributed by atoms with Gasteiger partial charge in [-0.2, -0.15) is 0 Å². The number of amides is 1. The molecule has 1 aliphatic heterocycles. The minimum atomic E-state index is -0.848. The minimum Gasteiger partial charge on any atom is -0.508 e. The van der Waals surface area contributed by atoms with Crippen LogP contribution in [0.5, 0.6) is 11.5 Å². The van der Waals surface area contributed by atoms with Crippen LogP contribution < -0.4 is 9.64 Å². The van der Waals surface area contributed by atoms with E-state index in [1.165, 1.54) is 0 Å². The van der Waals surface area contributed by atoms with Crippen molar-refractivity contribution in [1.82, 2.24) is 0 Å². The molecule has 4 heteroatoms. The summed E-state index contributed by atoms with van der Waals surface area (Å²) in [6.45, 7) is 6.15. The van der Waals surface area contributed by atoms with Crippen LogP contribution in [0, 0.1) is 0 Å². The highest BCUT2D eigenvalue weighted by molar-refractivity contribution is 6.02. The number of ether oxygens (including phenoxy) is 1. The fourth-order valence-electron chi connectivity index (χ4n) is 2.00. The topological polar surface area (TPSA) is 49.8 Å². The SMILES string of the molecule is CCCN1C(=O)C(C)(C)Oc2ccc(O)cc21. The van der Waals surface area contributed by atoms with E-state index in [0.29, 0.717) is 18.0 Å². The van der Waals surface area contributed by atoms with Gasteiger partial charge in [0.2, 0.25) is 0 Å². The third-order valence-electron chi connectivity index (χ3n) is 2.81. The molecule has 2 rings (SSSR count). The number of carbonyl (C=O) groups excluding carboxylic acids is 1. The molecular formula is C13H17NO3. The zero-order valence-electron chi connectivity index (χ0n) is 10.4. The molecule has 0 radical (unpaired) electrons. The lowest BCUT2D eigenvalue weighted by Gasteiger charge is -2.38. The van der Waals surface area contributed by atoms with Crippen LogP contribution in [0.1, 0.15) is 27.2 Å². The molecule has 1 aromatic rings. The lowest BCUT2D eigenvalue weighted by molar-refractivity contribution is -0.132. The van der Waals surface area contributed by atoms with Crippen LogP contribution in [0.2, 0.25) is 0 Å². The van der Waals surface area contributed by atoms with E-state index in [-0.39, 0.29) is 11.7 Å². The summed E-state index contributed by atoms with van der Waals surface area (Å²) in [6, 6.07) is 4.83. The first-order valence-electron chi connectivity index (χ1n) is 5.79. The molecular weight excluding hydrogens is 218 g/mol. The minimum absolute atomic E-state index is 0.0718. The molecule has 1 aliphatic rings. The molecule has 1 aromatic carbocycles. The van der Waals surface area contributed by atoms with Gasteiger partial charge in [-0.05, 0) is 32.4 Å². The summed E-state index contributed by atoms with van der Waals surface area (Å²) in [6.07, 6.45) is 0.858. The Bertz CT molecular complexity index is 454. The van der Waals surface area contributed by atoms with E-state index < -0.39 is 5.60 Å². The van der Waals surface area contributed by atoms with Gasteiger partial charge in [-0.25, -0.2) is 0 Å². The Labute approximate surface area is 101 Å². The Morgan fingerprint density at radius 1 is 1.41 bits per heavy atom. The monoisotopic (exact) mass is 235 g/mol. The number of anilines is 1. The largest absolute Gasteiger partial charge is 0.508 e. The van der Waals surface area contributed by atoms with Gasteiger partial charge in [0.1, 0.15) is 11.5 Å². The summed E-state index contributed by atoms with van der Waals surface area (Å²) in [5, 5.41) is 9.50. The van der Waals surface area contributed by atoms with E-state index in [1.54, 1.807) is 36.9 Å². The summed E-state index contributed by atoms with van der Waals surface area (Å²) >= 11 is 0. The molecule has 4 nitrogen and oxygen atoms in total. The molecule has 0 saturated carbocycles. The number of hydrogen-bond donors (Lipinski definition) is 1. The van der Waals surface area contributed by atoms with Gasteiger partial charge < -0.3 is 14.7 Å². The maximum Gasteiger partial charge on any atom is 0.270 e. The van der Waals surface area contributed by atoms with Crippen LogP contribution in [0.3, 0.4) is 0 Å². The Hall–Kier alpha value is -1.71. The van der Waals surface area contributed by atoms with E-state index >= 15 is 0 Å². The zero-order valence-corrected chi connectivity index (χ0v) is 10.4. The Morgan fingerprint density at radius 3 is 2.76 bits per heavy atom. The van der Waals surface area contributed by atoms with Crippen molar-refractivity contribution in [2.45, 2.75) is 32.8 Å². The van der Waals surface area contributed by atoms with Crippen LogP contribution >= 0.6 is 0 Å². The first-order valence-corrected chi connectivity index (χ1v) is 5.79. The van der Waals surface area contributed by atoms with Crippen molar-refractivity contribution in [2.24, 2.45) is 0 Å². The molecule has 1 heterocycles. The van der Waals surface area contributed by atoms with Crippen molar-refractivity contribution in [3.8, 4) is 11.5 Å². The maximum absolute atomic E-state index is 12.2. The standard InChI is InChI=1S/C13H17NO3/c1-4-7-14-10-8-9(15)5-6-11(10)17-13(2,3)12(14)16/h5-6,8,15H,4,7H2,1-3H3. The number of rotatable bonds is 2. The Morgan fingerprint density at radius 2 is 2.12 bits per heavy atom. The fourth-order valence-corrected chi connectivity index (χ4v) is 2.00. The van der Waals surface area contributed by atoms with Crippen molar-refractivity contribution >= 4 is 11.6 Å². The number of aromatic hydroxyl groups is 1. The molecule has 17 heavy (non-hydrogen) atoms. The normalized spacial score (nSPS) is 17.6. The van der Waals surface area contributed by atoms with Crippen molar-refractivity contribution < 1.29 is 14.6 Å². The summed E-state index contributed by atoms with van der Waals surface area (Å²) in [4.78, 5) is 13.9. The van der Waals surface area contributed by atoms with Crippen molar-refractivity contribution in [3.63, 3.8) is 0 Å². The first kappa shape index (κ1) is 11.8. The molecule has 0 fully saturated rings. The predicted octanol–water partition coefficient (Wildman–Crippen LogP) is 2.31. The van der Waals surface area contributed by atoms with Crippen LogP contribution in [0.25, 0.3) is 0 Å². The van der Waals surface area contributed by atoms with Crippen LogP contribution in [0.4, 0.5) is 5.69 Å². The third kappa shape index (κ3) is 1.95. The molecule has 0 bridgehead atoms. The van der Waals surface area contributed by atoms with Gasteiger partial charge in [0.25, 0.3) is 5.91 Å². The summed E-state index contributed by atoms with van der Waals surface area (Å²) in [7, 11) is 0. The highest BCUT2D eigenvalue weighted by atomic mass is 16.5. The maximum atomic E-state index is 12.2. The number of nitrogens with zero attached hydrogens (tertiary/aromatic N) is 1. The highest BCUT2D eigenvalue weighted by Gasteiger charge is 2.40. The second-order valence-corrected chi connectivity index (χ2v) is 4.72. The number of benzene rings is 1. The van der Waals surface area contributed by atoms with E-state index in [4.69, 9.17) is 4.74 Å². The molecule has 1 N–H and O–H groups in total. The van der Waals surface area contributed by atoms with E-state index in [0.717, 1.165) is 6.42 Å². The quantitative estimate of drug-likeness (QED) is 0.855. The molecule has 1 amide bonds. The third-order valence-corrected chi connectivity index (χ3v) is 2.81. The number of phenolic OH excluding ortho intramolecular Hbond substituents is 1. The van der Waals surface area contributed by atoms with Gasteiger partial charge in [-0.15, -0.1) is 0 Å². The van der Waals surface area contributed by atoms with Gasteiger partial charge in [0.05, 0.1) is 5.69 Å². The molecule has 0 saturated heterocycles. The first-order chi connectivity index (χ1) is 7.95. The lowest BCUT2D eigenvalue weighted by Crippen LogP contribution is -2.52. The smallest absolute Gasteiger partial charge is 0.270 e. The summed E-state index contributed by atoms with van der Waals surface area (Å²) in [5.41, 5.74) is -0.199. The van der Waals surface area contributed by atoms with Gasteiger partial charge >= 0.3 is 0 Å². The van der Waals surface area contributed by atoms with Crippen molar-refractivity contribution in [3.05, 3.63) is 18.2 Å². The van der Waals surface area contributed by atoms with Crippen molar-refractivity contribution in [2.75, 3.05) is 11.4 Å². The molecule has 0 spiro atoms. The van der Waals surface area contributed by atoms with E-state index in [1.807, 2.05) is 6.92 Å². The molecule has 0 aromatic heterocycles. The van der Waals surface area contributed by atoms with E-state index in [9.17, 15) is 9.90 Å². The van der Waals surface area contributed by atoms with Gasteiger partial charge in [0.15, 0.2) is 5.60 Å². The second-order valence-electron chi connectivity index (χ2n) is 4.72. The summed E-state index contributed by atoms with van der Waals surface area (Å²) < 4.78 is 5.66. The fraction of sp³-hybridized carbons (Fsp3) is 0.462. The van der Waals surface area contributed by atoms with Crippen LogP contribution in [-0.4, -0.2) is 23.2 Å². The average molecular weight is 235 g/mol. The highest BCUT2D eigenvalue weighted by Crippen LogP contribution is 2.39. The van der Waals surface area contributed by atoms with E-state index in [2.05, 4.69) is 0 Å². The van der Waals surface area contributed by atoms with Gasteiger partial charge in [0, 0.05) is 12.6 Å². The molecule has 0 unspecified atom stereocenters. The lowest BCUT2D eigenvalue weighted by atomic mass is 10.0. The average Bonchev–Trinajstić information content (AvgIpc) is 2.26. The Balaban J connectivity index is 2.51. The zero-order chi connectivity index (χ0) is 12.6. The number of hydrogen-bond acceptors (Lipinski definition) is 3. The van der Waals surface area contributed by atoms with Crippen LogP contribution in [0.15, 0.2) is 18.2 Å². The molecule has 0 atom stereocenters. The second kappa shape index (κ2) is 3.95. The van der Waals surface area contributed by atoms with Crippen molar-refractivity contribution in [1.29, 1.82) is 0 Å². The number of carbonyl (C=O) groups is 1. The summed E-state index contributed by atoms with van der Waals surface area (Å²) in [5.74, 6) is 0.708.